The fourth-order valence-corrected chi connectivity index (χ4v) is 5.51. The van der Waals surface area contributed by atoms with Gasteiger partial charge in [0.05, 0.1) is 4.90 Å². The number of ether oxygens (including phenoxy) is 2. The van der Waals surface area contributed by atoms with Gasteiger partial charge in [-0.1, -0.05) is 6.07 Å². The van der Waals surface area contributed by atoms with Crippen LogP contribution in [0, 0.1) is 13.8 Å². The largest absolute Gasteiger partial charge is 0.486 e. The third kappa shape index (κ3) is 4.65. The van der Waals surface area contributed by atoms with Crippen LogP contribution in [0.5, 0.6) is 11.5 Å². The molecule has 0 fully saturated rings. The Balaban J connectivity index is 1.57. The number of sulfonamides is 1. The number of aromatic amines is 1. The number of aryl methyl sites for hydroxylation is 2. The first-order valence-corrected chi connectivity index (χ1v) is 12.7. The molecular formula is C26H25N3O5S. The van der Waals surface area contributed by atoms with E-state index < -0.39 is 10.0 Å². The highest BCUT2D eigenvalue weighted by Crippen LogP contribution is 2.33. The zero-order valence-electron chi connectivity index (χ0n) is 19.4. The van der Waals surface area contributed by atoms with Gasteiger partial charge in [0.25, 0.3) is 5.56 Å². The van der Waals surface area contributed by atoms with E-state index in [2.05, 4.69) is 9.97 Å². The van der Waals surface area contributed by atoms with Crippen LogP contribution in [-0.2, 0) is 23.1 Å². The van der Waals surface area contributed by atoms with Crippen molar-refractivity contribution in [2.24, 2.45) is 0 Å². The molecule has 0 saturated heterocycles. The average molecular weight is 492 g/mol. The third-order valence-corrected chi connectivity index (χ3v) is 7.90. The van der Waals surface area contributed by atoms with Gasteiger partial charge < -0.3 is 14.5 Å². The number of benzene rings is 2. The first-order valence-electron chi connectivity index (χ1n) is 11.2. The van der Waals surface area contributed by atoms with Crippen molar-refractivity contribution in [2.75, 3.05) is 13.2 Å². The Hall–Kier alpha value is -3.69. The molecule has 0 unspecified atom stereocenters. The minimum Gasteiger partial charge on any atom is -0.486 e. The fourth-order valence-electron chi connectivity index (χ4n) is 4.08. The van der Waals surface area contributed by atoms with E-state index in [1.54, 1.807) is 36.7 Å². The summed E-state index contributed by atoms with van der Waals surface area (Å²) < 4.78 is 40.0. The van der Waals surface area contributed by atoms with E-state index in [0.717, 1.165) is 22.0 Å². The third-order valence-electron chi connectivity index (χ3n) is 6.12. The number of hydrogen-bond acceptors (Lipinski definition) is 6. The molecule has 0 bridgehead atoms. The molecule has 3 heterocycles. The SMILES string of the molecule is Cc1cc2cc(CN(Cc3cccnc3)S(=O)(=O)c3ccc4c(c3)OCCO4)c(=O)[nH]c2cc1C. The van der Waals surface area contributed by atoms with Gasteiger partial charge in [0.15, 0.2) is 11.5 Å². The maximum absolute atomic E-state index is 13.8. The summed E-state index contributed by atoms with van der Waals surface area (Å²) in [6, 6.07) is 13.8. The summed E-state index contributed by atoms with van der Waals surface area (Å²) in [7, 11) is -4.00. The molecule has 2 aromatic heterocycles. The lowest BCUT2D eigenvalue weighted by molar-refractivity contribution is 0.171. The van der Waals surface area contributed by atoms with E-state index in [-0.39, 0.29) is 23.5 Å². The van der Waals surface area contributed by atoms with Crippen molar-refractivity contribution >= 4 is 20.9 Å². The number of aromatic nitrogens is 2. The summed E-state index contributed by atoms with van der Waals surface area (Å²) in [4.78, 5) is 20.0. The molecule has 35 heavy (non-hydrogen) atoms. The second-order valence-electron chi connectivity index (χ2n) is 8.59. The molecule has 0 radical (unpaired) electrons. The second-order valence-corrected chi connectivity index (χ2v) is 10.5. The van der Waals surface area contributed by atoms with Crippen LogP contribution < -0.4 is 15.0 Å². The molecule has 180 valence electrons. The maximum Gasteiger partial charge on any atom is 0.252 e. The molecule has 1 N–H and O–H groups in total. The first-order chi connectivity index (χ1) is 16.8. The minimum atomic E-state index is -4.00. The van der Waals surface area contributed by atoms with Crippen molar-refractivity contribution in [1.82, 2.24) is 14.3 Å². The summed E-state index contributed by atoms with van der Waals surface area (Å²) in [6.07, 6.45) is 3.24. The van der Waals surface area contributed by atoms with Crippen LogP contribution in [0.3, 0.4) is 0 Å². The van der Waals surface area contributed by atoms with E-state index in [4.69, 9.17) is 9.47 Å². The molecule has 0 amide bonds. The van der Waals surface area contributed by atoms with Crippen LogP contribution in [0.4, 0.5) is 0 Å². The summed E-state index contributed by atoms with van der Waals surface area (Å²) >= 11 is 0. The van der Waals surface area contributed by atoms with Gasteiger partial charge in [0.2, 0.25) is 10.0 Å². The first kappa shape index (κ1) is 23.1. The van der Waals surface area contributed by atoms with Crippen molar-refractivity contribution in [3.8, 4) is 11.5 Å². The van der Waals surface area contributed by atoms with Crippen LogP contribution in [0.15, 0.2) is 70.6 Å². The number of H-pyrrole nitrogens is 1. The van der Waals surface area contributed by atoms with E-state index in [9.17, 15) is 13.2 Å². The van der Waals surface area contributed by atoms with Gasteiger partial charge in [-0.05, 0) is 72.3 Å². The molecule has 0 aliphatic carbocycles. The van der Waals surface area contributed by atoms with Crippen LogP contribution in [-0.4, -0.2) is 35.9 Å². The Labute approximate surface area is 203 Å². The van der Waals surface area contributed by atoms with E-state index in [1.165, 1.54) is 16.4 Å². The smallest absolute Gasteiger partial charge is 0.252 e. The van der Waals surface area contributed by atoms with Gasteiger partial charge in [-0.25, -0.2) is 8.42 Å². The van der Waals surface area contributed by atoms with Crippen LogP contribution in [0.2, 0.25) is 0 Å². The second kappa shape index (κ2) is 9.16. The van der Waals surface area contributed by atoms with Gasteiger partial charge in [-0.2, -0.15) is 4.31 Å². The van der Waals surface area contributed by atoms with Gasteiger partial charge in [-0.3, -0.25) is 9.78 Å². The lowest BCUT2D eigenvalue weighted by Crippen LogP contribution is -2.32. The normalized spacial score (nSPS) is 13.3. The average Bonchev–Trinajstić information content (AvgIpc) is 2.85. The van der Waals surface area contributed by atoms with Gasteiger partial charge in [-0.15, -0.1) is 0 Å². The molecule has 2 aromatic carbocycles. The maximum atomic E-state index is 13.8. The quantitative estimate of drug-likeness (QED) is 0.441. The van der Waals surface area contributed by atoms with Crippen LogP contribution >= 0.6 is 0 Å². The zero-order chi connectivity index (χ0) is 24.6. The van der Waals surface area contributed by atoms with Crippen molar-refractivity contribution < 1.29 is 17.9 Å². The Morgan fingerprint density at radius 2 is 1.74 bits per heavy atom. The molecule has 1 aliphatic rings. The highest BCUT2D eigenvalue weighted by Gasteiger charge is 2.28. The molecule has 0 spiro atoms. The lowest BCUT2D eigenvalue weighted by atomic mass is 10.0. The van der Waals surface area contributed by atoms with Crippen LogP contribution in [0.25, 0.3) is 10.9 Å². The van der Waals surface area contributed by atoms with E-state index in [0.29, 0.717) is 35.8 Å². The summed E-state index contributed by atoms with van der Waals surface area (Å²) in [5, 5.41) is 0.848. The number of pyridine rings is 2. The number of hydrogen-bond donors (Lipinski definition) is 1. The molecular weight excluding hydrogens is 466 g/mol. The Kier molecular flexibility index (Phi) is 6.04. The lowest BCUT2D eigenvalue weighted by Gasteiger charge is -2.24. The number of rotatable bonds is 6. The number of nitrogens with one attached hydrogen (secondary N) is 1. The monoisotopic (exact) mass is 491 g/mol. The Bertz CT molecular complexity index is 1570. The topological polar surface area (TPSA) is 102 Å². The summed E-state index contributed by atoms with van der Waals surface area (Å²) in [5.41, 5.74) is 3.61. The standard InChI is InChI=1S/C26H25N3O5S/c1-17-10-20-12-21(26(30)28-23(20)11-18(17)2)16-29(15-19-4-3-7-27-14-19)35(31,32)22-5-6-24-25(13-22)34-9-8-33-24/h3-7,10-14H,8-9,15-16H2,1-2H3,(H,28,30). The number of nitrogens with zero attached hydrogens (tertiary/aromatic N) is 2. The fraction of sp³-hybridized carbons (Fsp3) is 0.231. The molecule has 1 aliphatic heterocycles. The highest BCUT2D eigenvalue weighted by molar-refractivity contribution is 7.89. The predicted molar refractivity (Wildman–Crippen MR) is 132 cm³/mol. The molecule has 5 rings (SSSR count). The number of fused-ring (bicyclic) bond motifs is 2. The molecule has 9 heteroatoms. The molecule has 8 nitrogen and oxygen atoms in total. The Morgan fingerprint density at radius 1 is 0.971 bits per heavy atom. The van der Waals surface area contributed by atoms with Gasteiger partial charge >= 0.3 is 0 Å². The highest BCUT2D eigenvalue weighted by atomic mass is 32.2. The minimum absolute atomic E-state index is 0.0506. The van der Waals surface area contributed by atoms with Crippen molar-refractivity contribution in [3.05, 3.63) is 93.5 Å². The van der Waals surface area contributed by atoms with Gasteiger partial charge in [0.1, 0.15) is 13.2 Å². The van der Waals surface area contributed by atoms with Gasteiger partial charge in [0, 0.05) is 42.6 Å². The predicted octanol–water partition coefficient (Wildman–Crippen LogP) is 3.70. The molecule has 0 atom stereocenters. The summed E-state index contributed by atoms with van der Waals surface area (Å²) in [6.45, 7) is 4.69. The van der Waals surface area contributed by atoms with E-state index >= 15 is 0 Å². The van der Waals surface area contributed by atoms with E-state index in [1.807, 2.05) is 26.0 Å². The molecule has 0 saturated carbocycles. The van der Waals surface area contributed by atoms with Crippen LogP contribution in [0.1, 0.15) is 22.3 Å². The Morgan fingerprint density at radius 3 is 2.51 bits per heavy atom. The zero-order valence-corrected chi connectivity index (χ0v) is 20.3. The van der Waals surface area contributed by atoms with Crippen molar-refractivity contribution in [2.45, 2.75) is 31.8 Å². The molecule has 4 aromatic rings. The van der Waals surface area contributed by atoms with Crippen molar-refractivity contribution in [1.29, 1.82) is 0 Å². The van der Waals surface area contributed by atoms with Crippen molar-refractivity contribution in [3.63, 3.8) is 0 Å². The summed E-state index contributed by atoms with van der Waals surface area (Å²) in [5.74, 6) is 0.888.